The normalized spacial score (nSPS) is 30.9. The first-order valence-corrected chi connectivity index (χ1v) is 7.99. The van der Waals surface area contributed by atoms with Crippen molar-refractivity contribution < 1.29 is 5.11 Å². The minimum absolute atomic E-state index is 0.0654. The molecule has 3 heteroatoms. The van der Waals surface area contributed by atoms with E-state index in [0.717, 1.165) is 26.1 Å². The molecule has 2 N–H and O–H groups in total. The highest BCUT2D eigenvalue weighted by molar-refractivity contribution is 5.14. The molecule has 3 unspecified atom stereocenters. The fourth-order valence-electron chi connectivity index (χ4n) is 3.56. The van der Waals surface area contributed by atoms with E-state index in [-0.39, 0.29) is 6.10 Å². The summed E-state index contributed by atoms with van der Waals surface area (Å²) in [7, 11) is 0. The molecule has 3 nitrogen and oxygen atoms in total. The van der Waals surface area contributed by atoms with Crippen LogP contribution in [0.4, 0.5) is 0 Å². The van der Waals surface area contributed by atoms with Crippen molar-refractivity contribution in [3.63, 3.8) is 0 Å². The molecular formula is C17H26N2O. The maximum atomic E-state index is 9.86. The average molecular weight is 274 g/mol. The first-order chi connectivity index (χ1) is 9.81. The topological polar surface area (TPSA) is 35.5 Å². The predicted octanol–water partition coefficient (Wildman–Crippen LogP) is 2.01. The van der Waals surface area contributed by atoms with Gasteiger partial charge in [0.15, 0.2) is 0 Å². The molecule has 0 spiro atoms. The Hall–Kier alpha value is -0.900. The lowest BCUT2D eigenvalue weighted by atomic mass is 10.1. The second-order valence-electron chi connectivity index (χ2n) is 6.37. The van der Waals surface area contributed by atoms with E-state index in [4.69, 9.17) is 0 Å². The summed E-state index contributed by atoms with van der Waals surface area (Å²) in [6.45, 7) is 4.37. The van der Waals surface area contributed by atoms with Crippen molar-refractivity contribution in [3.05, 3.63) is 35.9 Å². The number of rotatable bonds is 5. The molecule has 110 valence electrons. The third-order valence-corrected chi connectivity index (χ3v) is 4.81. The summed E-state index contributed by atoms with van der Waals surface area (Å²) in [6, 6.07) is 11.3. The number of aliphatic hydroxyl groups excluding tert-OH is 1. The standard InChI is InChI=1S/C17H26N2O/c20-17-8-4-7-15(17)11-18-16-9-10-19(13-16)12-14-5-2-1-3-6-14/h1-3,5-6,15-18,20H,4,7-13H2. The largest absolute Gasteiger partial charge is 0.393 e. The zero-order chi connectivity index (χ0) is 13.8. The molecule has 0 aromatic heterocycles. The number of hydrogen-bond donors (Lipinski definition) is 2. The maximum absolute atomic E-state index is 9.86. The number of hydrogen-bond acceptors (Lipinski definition) is 3. The van der Waals surface area contributed by atoms with Crippen molar-refractivity contribution in [2.24, 2.45) is 5.92 Å². The van der Waals surface area contributed by atoms with Gasteiger partial charge in [0, 0.05) is 32.2 Å². The molecule has 1 aliphatic carbocycles. The summed E-state index contributed by atoms with van der Waals surface area (Å²) < 4.78 is 0. The lowest BCUT2D eigenvalue weighted by Crippen LogP contribution is -2.37. The van der Waals surface area contributed by atoms with Gasteiger partial charge < -0.3 is 10.4 Å². The summed E-state index contributed by atoms with van der Waals surface area (Å²) in [4.78, 5) is 2.53. The second kappa shape index (κ2) is 6.70. The van der Waals surface area contributed by atoms with E-state index in [1.54, 1.807) is 0 Å². The summed E-state index contributed by atoms with van der Waals surface area (Å²) in [5.41, 5.74) is 1.40. The fourth-order valence-corrected chi connectivity index (χ4v) is 3.56. The number of nitrogens with zero attached hydrogens (tertiary/aromatic N) is 1. The van der Waals surface area contributed by atoms with Crippen LogP contribution in [0.3, 0.4) is 0 Å². The Labute approximate surface area is 122 Å². The van der Waals surface area contributed by atoms with Gasteiger partial charge in [0.05, 0.1) is 6.10 Å². The molecule has 1 aromatic carbocycles. The Morgan fingerprint density at radius 3 is 2.75 bits per heavy atom. The molecule has 3 rings (SSSR count). The first kappa shape index (κ1) is 14.1. The van der Waals surface area contributed by atoms with Crippen molar-refractivity contribution in [3.8, 4) is 0 Å². The number of benzene rings is 1. The van der Waals surface area contributed by atoms with Crippen LogP contribution in [0.5, 0.6) is 0 Å². The van der Waals surface area contributed by atoms with Crippen molar-refractivity contribution >= 4 is 0 Å². The Kier molecular flexibility index (Phi) is 4.71. The molecule has 2 aliphatic rings. The van der Waals surface area contributed by atoms with Gasteiger partial charge in [0.1, 0.15) is 0 Å². The Balaban J connectivity index is 1.41. The van der Waals surface area contributed by atoms with E-state index >= 15 is 0 Å². The van der Waals surface area contributed by atoms with Gasteiger partial charge in [-0.3, -0.25) is 4.90 Å². The molecule has 1 aromatic rings. The molecule has 0 bridgehead atoms. The highest BCUT2D eigenvalue weighted by Gasteiger charge is 2.27. The van der Waals surface area contributed by atoms with Crippen LogP contribution in [0.1, 0.15) is 31.2 Å². The lowest BCUT2D eigenvalue weighted by Gasteiger charge is -2.20. The second-order valence-corrected chi connectivity index (χ2v) is 6.37. The third-order valence-electron chi connectivity index (χ3n) is 4.81. The summed E-state index contributed by atoms with van der Waals surface area (Å²) in [6.07, 6.45) is 4.55. The van der Waals surface area contributed by atoms with E-state index < -0.39 is 0 Å². The third kappa shape index (κ3) is 3.60. The number of nitrogens with one attached hydrogen (secondary N) is 1. The molecule has 0 radical (unpaired) electrons. The van der Waals surface area contributed by atoms with Crippen LogP contribution >= 0.6 is 0 Å². The molecular weight excluding hydrogens is 248 g/mol. The molecule has 1 aliphatic heterocycles. The van der Waals surface area contributed by atoms with Crippen LogP contribution in [-0.2, 0) is 6.54 Å². The Morgan fingerprint density at radius 2 is 2.00 bits per heavy atom. The van der Waals surface area contributed by atoms with Crippen molar-refractivity contribution in [2.75, 3.05) is 19.6 Å². The van der Waals surface area contributed by atoms with Gasteiger partial charge in [-0.1, -0.05) is 36.8 Å². The summed E-state index contributed by atoms with van der Waals surface area (Å²) in [5.74, 6) is 0.484. The van der Waals surface area contributed by atoms with Crippen LogP contribution < -0.4 is 5.32 Å². The molecule has 1 saturated carbocycles. The van der Waals surface area contributed by atoms with E-state index in [9.17, 15) is 5.11 Å². The molecule has 1 heterocycles. The minimum atomic E-state index is -0.0654. The lowest BCUT2D eigenvalue weighted by molar-refractivity contribution is 0.130. The Morgan fingerprint density at radius 1 is 1.15 bits per heavy atom. The van der Waals surface area contributed by atoms with Crippen LogP contribution in [0, 0.1) is 5.92 Å². The highest BCUT2D eigenvalue weighted by atomic mass is 16.3. The van der Waals surface area contributed by atoms with Gasteiger partial charge in [0.25, 0.3) is 0 Å². The zero-order valence-electron chi connectivity index (χ0n) is 12.2. The highest BCUT2D eigenvalue weighted by Crippen LogP contribution is 2.25. The Bertz CT molecular complexity index is 409. The van der Waals surface area contributed by atoms with Crippen molar-refractivity contribution in [2.45, 2.75) is 44.4 Å². The number of aliphatic hydroxyl groups is 1. The fraction of sp³-hybridized carbons (Fsp3) is 0.647. The van der Waals surface area contributed by atoms with Gasteiger partial charge in [-0.2, -0.15) is 0 Å². The quantitative estimate of drug-likeness (QED) is 0.862. The average Bonchev–Trinajstić information content (AvgIpc) is 3.07. The van der Waals surface area contributed by atoms with Gasteiger partial charge in [-0.25, -0.2) is 0 Å². The first-order valence-electron chi connectivity index (χ1n) is 7.99. The van der Waals surface area contributed by atoms with E-state index in [1.807, 2.05) is 0 Å². The van der Waals surface area contributed by atoms with E-state index in [0.29, 0.717) is 12.0 Å². The van der Waals surface area contributed by atoms with Gasteiger partial charge in [-0.05, 0) is 30.7 Å². The van der Waals surface area contributed by atoms with E-state index in [1.165, 1.54) is 31.4 Å². The van der Waals surface area contributed by atoms with Gasteiger partial charge >= 0.3 is 0 Å². The molecule has 1 saturated heterocycles. The van der Waals surface area contributed by atoms with E-state index in [2.05, 4.69) is 40.5 Å². The van der Waals surface area contributed by atoms with Crippen LogP contribution in [0.15, 0.2) is 30.3 Å². The van der Waals surface area contributed by atoms with Crippen LogP contribution in [-0.4, -0.2) is 41.8 Å². The molecule has 2 fully saturated rings. The summed E-state index contributed by atoms with van der Waals surface area (Å²) >= 11 is 0. The van der Waals surface area contributed by atoms with Crippen LogP contribution in [0.2, 0.25) is 0 Å². The summed E-state index contributed by atoms with van der Waals surface area (Å²) in [5, 5.41) is 13.5. The monoisotopic (exact) mass is 274 g/mol. The minimum Gasteiger partial charge on any atom is -0.393 e. The number of likely N-dealkylation sites (tertiary alicyclic amines) is 1. The van der Waals surface area contributed by atoms with Gasteiger partial charge in [-0.15, -0.1) is 0 Å². The maximum Gasteiger partial charge on any atom is 0.0580 e. The van der Waals surface area contributed by atoms with Crippen LogP contribution in [0.25, 0.3) is 0 Å². The molecule has 3 atom stereocenters. The predicted molar refractivity (Wildman–Crippen MR) is 81.5 cm³/mol. The SMILES string of the molecule is OC1CCCC1CNC1CCN(Cc2ccccc2)C1. The zero-order valence-corrected chi connectivity index (χ0v) is 12.2. The van der Waals surface area contributed by atoms with Crippen molar-refractivity contribution in [1.82, 2.24) is 10.2 Å². The molecule has 20 heavy (non-hydrogen) atoms. The van der Waals surface area contributed by atoms with Crippen molar-refractivity contribution in [1.29, 1.82) is 0 Å². The molecule has 0 amide bonds. The van der Waals surface area contributed by atoms with Gasteiger partial charge in [0.2, 0.25) is 0 Å². The smallest absolute Gasteiger partial charge is 0.0580 e.